The zero-order valence-corrected chi connectivity index (χ0v) is 21.8. The zero-order valence-electron chi connectivity index (χ0n) is 21.0. The van der Waals surface area contributed by atoms with Crippen LogP contribution < -0.4 is 16.6 Å². The van der Waals surface area contributed by atoms with E-state index in [1.807, 2.05) is 30.3 Å². The molecule has 0 saturated carbocycles. The monoisotopic (exact) mass is 565 g/mol. The highest BCUT2D eigenvalue weighted by molar-refractivity contribution is 6.34. The summed E-state index contributed by atoms with van der Waals surface area (Å²) in [7, 11) is 0. The Balaban J connectivity index is 1.40. The molecule has 0 saturated heterocycles. The number of benzene rings is 5. The molecular formula is C32H18ClF2N3O3. The van der Waals surface area contributed by atoms with Crippen LogP contribution in [0.1, 0.15) is 5.56 Å². The van der Waals surface area contributed by atoms with Gasteiger partial charge in [0.05, 0.1) is 27.8 Å². The van der Waals surface area contributed by atoms with Crippen molar-refractivity contribution in [1.82, 2.24) is 9.55 Å². The fourth-order valence-electron chi connectivity index (χ4n) is 5.46. The topological polar surface area (TPSA) is 84.0 Å². The Hall–Kier alpha value is -5.08. The average Bonchev–Trinajstić information content (AvgIpc) is 3.19. The van der Waals surface area contributed by atoms with Crippen LogP contribution in [0.3, 0.4) is 0 Å². The smallest absolute Gasteiger partial charge is 0.320 e. The number of rotatable bonds is 3. The molecule has 0 unspecified atom stereocenters. The van der Waals surface area contributed by atoms with Crippen molar-refractivity contribution < 1.29 is 13.6 Å². The maximum atomic E-state index is 14.5. The van der Waals surface area contributed by atoms with E-state index >= 15 is 0 Å². The average molecular weight is 566 g/mol. The molecule has 1 amide bonds. The number of hydrogen-bond donors (Lipinski definition) is 2. The van der Waals surface area contributed by atoms with Gasteiger partial charge in [-0.3, -0.25) is 9.59 Å². The number of carbonyl (C=O) groups excluding carboxylic acids is 1. The summed E-state index contributed by atoms with van der Waals surface area (Å²) in [5, 5.41) is 4.48. The van der Waals surface area contributed by atoms with Crippen molar-refractivity contribution >= 4 is 44.9 Å². The number of aromatic nitrogens is 2. The standard InChI is InChI=1S/C32H18ClF2N3O3/c33-24-9-4-8-21(18-12-14-25-23(15-18)32(34,35)30(40)36-25)28(24)19-11-13-22-26(16-19)37-31(41)38(29(22)39)27-10-3-6-17-5-1-2-7-20(17)27/h1-16H,(H,36,40)(H,37,41). The van der Waals surface area contributed by atoms with E-state index in [4.69, 9.17) is 11.6 Å². The molecule has 0 bridgehead atoms. The Bertz CT molecular complexity index is 2200. The van der Waals surface area contributed by atoms with Crippen LogP contribution in [-0.4, -0.2) is 15.5 Å². The number of aromatic amines is 1. The van der Waals surface area contributed by atoms with E-state index in [9.17, 15) is 23.2 Å². The van der Waals surface area contributed by atoms with Gasteiger partial charge in [0.1, 0.15) is 0 Å². The number of H-pyrrole nitrogens is 1. The van der Waals surface area contributed by atoms with E-state index in [2.05, 4.69) is 10.3 Å². The molecule has 41 heavy (non-hydrogen) atoms. The third-order valence-corrected chi connectivity index (χ3v) is 7.72. The Morgan fingerprint density at radius 3 is 2.37 bits per heavy atom. The predicted molar refractivity (Wildman–Crippen MR) is 156 cm³/mol. The van der Waals surface area contributed by atoms with Crippen LogP contribution in [-0.2, 0) is 10.7 Å². The normalized spacial score (nSPS) is 13.9. The molecule has 6 aromatic rings. The Labute approximate surface area is 235 Å². The molecule has 2 N–H and O–H groups in total. The molecule has 200 valence electrons. The van der Waals surface area contributed by atoms with Crippen molar-refractivity contribution in [2.75, 3.05) is 5.32 Å². The molecule has 1 aromatic heterocycles. The number of alkyl halides is 2. The van der Waals surface area contributed by atoms with Crippen molar-refractivity contribution in [3.8, 4) is 27.9 Å². The molecule has 1 aliphatic heterocycles. The van der Waals surface area contributed by atoms with E-state index in [0.29, 0.717) is 38.5 Å². The number of nitrogens with zero attached hydrogens (tertiary/aromatic N) is 1. The lowest BCUT2D eigenvalue weighted by atomic mass is 9.92. The van der Waals surface area contributed by atoms with Crippen molar-refractivity contribution in [3.05, 3.63) is 128 Å². The van der Waals surface area contributed by atoms with E-state index in [1.165, 1.54) is 12.1 Å². The molecule has 7 rings (SSSR count). The van der Waals surface area contributed by atoms with Crippen molar-refractivity contribution in [2.45, 2.75) is 5.92 Å². The van der Waals surface area contributed by atoms with Gasteiger partial charge in [-0.25, -0.2) is 9.36 Å². The van der Waals surface area contributed by atoms with Gasteiger partial charge >= 0.3 is 11.6 Å². The molecule has 6 nitrogen and oxygen atoms in total. The van der Waals surface area contributed by atoms with Crippen LogP contribution >= 0.6 is 11.6 Å². The molecule has 5 aromatic carbocycles. The minimum atomic E-state index is -3.66. The predicted octanol–water partition coefficient (Wildman–Crippen LogP) is 6.86. The van der Waals surface area contributed by atoms with Crippen molar-refractivity contribution in [1.29, 1.82) is 0 Å². The highest BCUT2D eigenvalue weighted by atomic mass is 35.5. The van der Waals surface area contributed by atoms with Crippen LogP contribution in [0.2, 0.25) is 5.02 Å². The summed E-state index contributed by atoms with van der Waals surface area (Å²) in [6.07, 6.45) is 0. The van der Waals surface area contributed by atoms with Crippen LogP contribution in [0, 0.1) is 0 Å². The maximum Gasteiger partial charge on any atom is 0.352 e. The van der Waals surface area contributed by atoms with Gasteiger partial charge in [0.25, 0.3) is 11.5 Å². The SMILES string of the molecule is O=C1Nc2ccc(-c3cccc(Cl)c3-c3ccc4c(=O)n(-c5cccc6ccccc56)c(=O)[nH]c4c3)cc2C1(F)F. The van der Waals surface area contributed by atoms with Crippen LogP contribution in [0.5, 0.6) is 0 Å². The summed E-state index contributed by atoms with van der Waals surface area (Å²) in [5.74, 6) is -5.03. The lowest BCUT2D eigenvalue weighted by Gasteiger charge is -2.15. The van der Waals surface area contributed by atoms with Gasteiger partial charge in [-0.1, -0.05) is 72.3 Å². The summed E-state index contributed by atoms with van der Waals surface area (Å²) >= 11 is 6.63. The summed E-state index contributed by atoms with van der Waals surface area (Å²) < 4.78 is 30.2. The Morgan fingerprint density at radius 2 is 1.51 bits per heavy atom. The second-order valence-corrected chi connectivity index (χ2v) is 10.2. The largest absolute Gasteiger partial charge is 0.352 e. The first kappa shape index (κ1) is 24.9. The number of fused-ring (bicyclic) bond motifs is 3. The first-order valence-corrected chi connectivity index (χ1v) is 13.0. The fourth-order valence-corrected chi connectivity index (χ4v) is 5.74. The van der Waals surface area contributed by atoms with E-state index in [0.717, 1.165) is 15.3 Å². The summed E-state index contributed by atoms with van der Waals surface area (Å²) in [4.78, 5) is 41.5. The second-order valence-electron chi connectivity index (χ2n) is 9.78. The summed E-state index contributed by atoms with van der Waals surface area (Å²) in [6, 6.07) is 27.3. The Kier molecular flexibility index (Phi) is 5.45. The number of amides is 1. The lowest BCUT2D eigenvalue weighted by Crippen LogP contribution is -2.33. The quantitative estimate of drug-likeness (QED) is 0.246. The fraction of sp³-hybridized carbons (Fsp3) is 0.0312. The third-order valence-electron chi connectivity index (χ3n) is 7.41. The number of nitrogens with one attached hydrogen (secondary N) is 2. The Morgan fingerprint density at radius 1 is 0.756 bits per heavy atom. The van der Waals surface area contributed by atoms with Gasteiger partial charge in [-0.2, -0.15) is 8.78 Å². The van der Waals surface area contributed by atoms with Gasteiger partial charge in [0, 0.05) is 16.0 Å². The third kappa shape index (κ3) is 3.79. The number of hydrogen-bond acceptors (Lipinski definition) is 3. The van der Waals surface area contributed by atoms with Gasteiger partial charge in [0.15, 0.2) is 0 Å². The van der Waals surface area contributed by atoms with E-state index < -0.39 is 28.6 Å². The minimum Gasteiger partial charge on any atom is -0.320 e. The molecule has 0 aliphatic carbocycles. The minimum absolute atomic E-state index is 0.0538. The van der Waals surface area contributed by atoms with Crippen molar-refractivity contribution in [3.63, 3.8) is 0 Å². The molecular weight excluding hydrogens is 548 g/mol. The number of halogens is 3. The van der Waals surface area contributed by atoms with Crippen LogP contribution in [0.4, 0.5) is 14.5 Å². The highest BCUT2D eigenvalue weighted by Crippen LogP contribution is 2.44. The van der Waals surface area contributed by atoms with E-state index in [1.54, 1.807) is 54.6 Å². The van der Waals surface area contributed by atoms with Gasteiger partial charge in [-0.15, -0.1) is 0 Å². The van der Waals surface area contributed by atoms with Gasteiger partial charge in [0.2, 0.25) is 0 Å². The first-order chi connectivity index (χ1) is 19.7. The molecule has 0 fully saturated rings. The molecule has 1 aliphatic rings. The van der Waals surface area contributed by atoms with Gasteiger partial charge < -0.3 is 10.3 Å². The highest BCUT2D eigenvalue weighted by Gasteiger charge is 2.48. The lowest BCUT2D eigenvalue weighted by molar-refractivity contribution is -0.139. The molecule has 0 spiro atoms. The van der Waals surface area contributed by atoms with Crippen LogP contribution in [0.15, 0.2) is 107 Å². The molecule has 9 heteroatoms. The first-order valence-electron chi connectivity index (χ1n) is 12.6. The van der Waals surface area contributed by atoms with Gasteiger partial charge in [-0.05, 0) is 58.5 Å². The number of carbonyl (C=O) groups is 1. The summed E-state index contributed by atoms with van der Waals surface area (Å²) in [6.45, 7) is 0. The second kappa shape index (κ2) is 8.97. The number of anilines is 1. The molecule has 0 radical (unpaired) electrons. The molecule has 2 heterocycles. The zero-order chi connectivity index (χ0) is 28.5. The van der Waals surface area contributed by atoms with Crippen LogP contribution in [0.25, 0.3) is 49.6 Å². The maximum absolute atomic E-state index is 14.5. The van der Waals surface area contributed by atoms with E-state index in [-0.39, 0.29) is 11.1 Å². The van der Waals surface area contributed by atoms with Crippen molar-refractivity contribution in [2.24, 2.45) is 0 Å². The summed E-state index contributed by atoms with van der Waals surface area (Å²) in [5.41, 5.74) is 1.38. The molecule has 0 atom stereocenters.